The van der Waals surface area contributed by atoms with E-state index in [0.717, 1.165) is 18.4 Å². The van der Waals surface area contributed by atoms with Gasteiger partial charge in [0.2, 0.25) is 11.8 Å². The molecule has 2 aromatic carbocycles. The molecule has 0 spiro atoms. The molecule has 3 amide bonds. The second-order valence-corrected chi connectivity index (χ2v) is 9.34. The fourth-order valence-electron chi connectivity index (χ4n) is 4.82. The summed E-state index contributed by atoms with van der Waals surface area (Å²) in [4.78, 5) is 40.4. The molecule has 184 valence electrons. The molecular weight excluding hydrogens is 456 g/mol. The quantitative estimate of drug-likeness (QED) is 0.656. The van der Waals surface area contributed by atoms with E-state index in [1.165, 1.54) is 15.9 Å². The van der Waals surface area contributed by atoms with E-state index < -0.39 is 36.2 Å². The summed E-state index contributed by atoms with van der Waals surface area (Å²) in [5, 5.41) is 2.92. The number of halogens is 2. The number of cyclic esters (lactones) is 1. The molecule has 0 radical (unpaired) electrons. The van der Waals surface area contributed by atoms with E-state index in [0.29, 0.717) is 11.1 Å². The number of likely N-dealkylation sites (tertiary alicyclic amines) is 1. The Morgan fingerprint density at radius 1 is 1.11 bits per heavy atom. The maximum Gasteiger partial charge on any atom is 0.410 e. The summed E-state index contributed by atoms with van der Waals surface area (Å²) in [6, 6.07) is 12.5. The molecule has 3 fully saturated rings. The maximum absolute atomic E-state index is 14.8. The molecule has 0 bridgehead atoms. The Morgan fingerprint density at radius 3 is 2.54 bits per heavy atom. The van der Waals surface area contributed by atoms with E-state index in [-0.39, 0.29) is 44.4 Å². The predicted octanol–water partition coefficient (Wildman–Crippen LogP) is 3.30. The molecule has 3 atom stereocenters. The molecule has 9 heteroatoms. The number of amides is 3. The summed E-state index contributed by atoms with van der Waals surface area (Å²) >= 11 is 0. The first-order chi connectivity index (χ1) is 16.9. The van der Waals surface area contributed by atoms with Crippen molar-refractivity contribution >= 4 is 17.9 Å². The van der Waals surface area contributed by atoms with Crippen LogP contribution in [-0.4, -0.2) is 66.2 Å². The van der Waals surface area contributed by atoms with Gasteiger partial charge in [0.1, 0.15) is 31.2 Å². The van der Waals surface area contributed by atoms with Crippen LogP contribution in [0.2, 0.25) is 0 Å². The van der Waals surface area contributed by atoms with E-state index in [1.807, 2.05) is 36.4 Å². The van der Waals surface area contributed by atoms with Crippen LogP contribution in [0.15, 0.2) is 48.5 Å². The number of ether oxygens (including phenoxy) is 1. The van der Waals surface area contributed by atoms with Crippen molar-refractivity contribution in [1.29, 1.82) is 0 Å². The van der Waals surface area contributed by atoms with Gasteiger partial charge in [-0.3, -0.25) is 14.5 Å². The Morgan fingerprint density at radius 2 is 1.89 bits per heavy atom. The lowest BCUT2D eigenvalue weighted by Crippen LogP contribution is -2.49. The molecule has 0 unspecified atom stereocenters. The Labute approximate surface area is 202 Å². The van der Waals surface area contributed by atoms with Gasteiger partial charge in [0, 0.05) is 6.42 Å². The average molecular weight is 484 g/mol. The van der Waals surface area contributed by atoms with Crippen molar-refractivity contribution in [3.63, 3.8) is 0 Å². The summed E-state index contributed by atoms with van der Waals surface area (Å²) in [7, 11) is 0. The molecule has 7 nitrogen and oxygen atoms in total. The van der Waals surface area contributed by atoms with Crippen LogP contribution in [0.5, 0.6) is 0 Å². The fraction of sp³-hybridized carbons (Fsp3) is 0.423. The molecule has 3 aliphatic rings. The fourth-order valence-corrected chi connectivity index (χ4v) is 4.82. The van der Waals surface area contributed by atoms with Gasteiger partial charge in [0.25, 0.3) is 0 Å². The van der Waals surface area contributed by atoms with Crippen LogP contribution in [-0.2, 0) is 14.3 Å². The van der Waals surface area contributed by atoms with Gasteiger partial charge in [-0.15, -0.1) is 0 Å². The third-order valence-corrected chi connectivity index (χ3v) is 6.84. The van der Waals surface area contributed by atoms with Crippen molar-refractivity contribution in [2.75, 3.05) is 26.2 Å². The minimum absolute atomic E-state index is 0.140. The van der Waals surface area contributed by atoms with E-state index >= 15 is 0 Å². The second kappa shape index (κ2) is 9.64. The molecule has 2 heterocycles. The zero-order chi connectivity index (χ0) is 24.5. The molecule has 2 saturated heterocycles. The van der Waals surface area contributed by atoms with Crippen LogP contribution in [0.4, 0.5) is 13.6 Å². The first-order valence-electron chi connectivity index (χ1n) is 11.9. The monoisotopic (exact) mass is 483 g/mol. The Balaban J connectivity index is 1.36. The first kappa shape index (κ1) is 23.3. The Hall–Kier alpha value is -3.49. The summed E-state index contributed by atoms with van der Waals surface area (Å²) in [5.41, 5.74) is 1.99. The number of hydrogen-bond donors (Lipinski definition) is 1. The molecule has 35 heavy (non-hydrogen) atoms. The van der Waals surface area contributed by atoms with E-state index in [2.05, 4.69) is 5.32 Å². The lowest BCUT2D eigenvalue weighted by atomic mass is 9.96. The third-order valence-electron chi connectivity index (χ3n) is 6.84. The molecule has 0 aromatic heterocycles. The minimum atomic E-state index is -1.36. The van der Waals surface area contributed by atoms with Gasteiger partial charge >= 0.3 is 6.09 Å². The predicted molar refractivity (Wildman–Crippen MR) is 123 cm³/mol. The number of hydrogen-bond acceptors (Lipinski definition) is 4. The number of rotatable bonds is 7. The maximum atomic E-state index is 14.8. The van der Waals surface area contributed by atoms with Gasteiger partial charge < -0.3 is 15.0 Å². The number of alkyl halides is 1. The molecule has 1 aliphatic carbocycles. The largest absolute Gasteiger partial charge is 0.448 e. The highest BCUT2D eigenvalue weighted by Crippen LogP contribution is 2.42. The van der Waals surface area contributed by atoms with Crippen LogP contribution in [0, 0.1) is 5.82 Å². The van der Waals surface area contributed by atoms with Gasteiger partial charge in [0.05, 0.1) is 19.1 Å². The molecule has 2 aliphatic heterocycles. The highest BCUT2D eigenvalue weighted by molar-refractivity contribution is 5.90. The summed E-state index contributed by atoms with van der Waals surface area (Å²) in [5.74, 6) is -1.09. The molecule has 5 rings (SSSR count). The molecule has 2 aromatic rings. The van der Waals surface area contributed by atoms with Gasteiger partial charge in [-0.1, -0.05) is 42.5 Å². The smallest absolute Gasteiger partial charge is 0.410 e. The number of carbonyl (C=O) groups excluding carboxylic acids is 3. The minimum Gasteiger partial charge on any atom is -0.448 e. The second-order valence-electron chi connectivity index (χ2n) is 9.34. The van der Waals surface area contributed by atoms with Gasteiger partial charge in [0.15, 0.2) is 0 Å². The SMILES string of the molecule is O=C(N[C@@H](c1ccccc1)c1ccc(C2CC2)c(F)c1)[C@@H]1C[C@@H](F)CN1C(=O)CN1CCOC1=O. The van der Waals surface area contributed by atoms with Crippen molar-refractivity contribution in [3.05, 3.63) is 71.0 Å². The lowest BCUT2D eigenvalue weighted by Gasteiger charge is -2.28. The van der Waals surface area contributed by atoms with Crippen LogP contribution in [0.25, 0.3) is 0 Å². The first-order valence-corrected chi connectivity index (χ1v) is 11.9. The van der Waals surface area contributed by atoms with Gasteiger partial charge in [-0.25, -0.2) is 13.6 Å². The molecule has 1 saturated carbocycles. The molecular formula is C26H27F2N3O4. The zero-order valence-electron chi connectivity index (χ0n) is 19.2. The van der Waals surface area contributed by atoms with Gasteiger partial charge in [-0.2, -0.15) is 0 Å². The third kappa shape index (κ3) is 4.99. The standard InChI is InChI=1S/C26H27F2N3O4/c27-19-13-22(31(14-19)23(32)15-30-10-11-35-26(30)34)25(33)29-24(17-4-2-1-3-5-17)18-8-9-20(16-6-7-16)21(28)12-18/h1-5,8-9,12,16,19,22,24H,6-7,10-11,13-15H2,(H,29,33)/t19-,22+,24+/m1/s1. The van der Waals surface area contributed by atoms with Crippen LogP contribution < -0.4 is 5.32 Å². The van der Waals surface area contributed by atoms with E-state index in [4.69, 9.17) is 4.74 Å². The zero-order valence-corrected chi connectivity index (χ0v) is 19.2. The van der Waals surface area contributed by atoms with E-state index in [1.54, 1.807) is 6.07 Å². The highest BCUT2D eigenvalue weighted by atomic mass is 19.1. The Kier molecular flexibility index (Phi) is 6.40. The number of nitrogens with zero attached hydrogens (tertiary/aromatic N) is 2. The van der Waals surface area contributed by atoms with Crippen LogP contribution in [0.1, 0.15) is 47.9 Å². The number of carbonyl (C=O) groups is 3. The highest BCUT2D eigenvalue weighted by Gasteiger charge is 2.41. The summed E-state index contributed by atoms with van der Waals surface area (Å²) in [6.07, 6.45) is -0.152. The lowest BCUT2D eigenvalue weighted by molar-refractivity contribution is -0.139. The topological polar surface area (TPSA) is 79.0 Å². The number of benzene rings is 2. The average Bonchev–Trinajstić information content (AvgIpc) is 3.50. The van der Waals surface area contributed by atoms with Crippen molar-refractivity contribution in [2.24, 2.45) is 0 Å². The summed E-state index contributed by atoms with van der Waals surface area (Å²) in [6.45, 7) is -0.0325. The van der Waals surface area contributed by atoms with Gasteiger partial charge in [-0.05, 0) is 41.5 Å². The van der Waals surface area contributed by atoms with Crippen molar-refractivity contribution in [1.82, 2.24) is 15.1 Å². The van der Waals surface area contributed by atoms with Crippen molar-refractivity contribution in [2.45, 2.75) is 43.4 Å². The Bertz CT molecular complexity index is 1120. The normalized spacial score (nSPS) is 22.7. The van der Waals surface area contributed by atoms with Crippen molar-refractivity contribution < 1.29 is 27.9 Å². The van der Waals surface area contributed by atoms with Crippen LogP contribution >= 0.6 is 0 Å². The summed E-state index contributed by atoms with van der Waals surface area (Å²) < 4.78 is 34.1. The van der Waals surface area contributed by atoms with Crippen molar-refractivity contribution in [3.8, 4) is 0 Å². The molecule has 1 N–H and O–H groups in total. The number of nitrogens with one attached hydrogen (secondary N) is 1. The van der Waals surface area contributed by atoms with Crippen LogP contribution in [0.3, 0.4) is 0 Å². The van der Waals surface area contributed by atoms with E-state index in [9.17, 15) is 23.2 Å².